The number of nitrogens with one attached hydrogen (secondary N) is 1. The van der Waals surface area contributed by atoms with E-state index < -0.39 is 28.5 Å². The number of halogens is 1. The quantitative estimate of drug-likeness (QED) is 0.354. The zero-order valence-corrected chi connectivity index (χ0v) is 23.5. The second-order valence-corrected chi connectivity index (χ2v) is 11.5. The first-order valence-electron chi connectivity index (χ1n) is 12.5. The SMILES string of the molecule is CCCNC(=O)C(Cc1ccccc1)N(Cc1ccccc1)C(=O)CN(c1cccc(Cl)c1C)S(C)(=O)=O. The highest BCUT2D eigenvalue weighted by Gasteiger charge is 2.33. The molecule has 3 aromatic carbocycles. The average molecular weight is 556 g/mol. The third-order valence-corrected chi connectivity index (χ3v) is 7.74. The van der Waals surface area contributed by atoms with Gasteiger partial charge in [-0.05, 0) is 42.2 Å². The van der Waals surface area contributed by atoms with E-state index in [0.29, 0.717) is 22.8 Å². The average Bonchev–Trinajstić information content (AvgIpc) is 2.90. The first-order chi connectivity index (χ1) is 18.1. The van der Waals surface area contributed by atoms with Gasteiger partial charge in [0.2, 0.25) is 21.8 Å². The van der Waals surface area contributed by atoms with Gasteiger partial charge in [-0.15, -0.1) is 0 Å². The first-order valence-corrected chi connectivity index (χ1v) is 14.7. The molecule has 202 valence electrons. The number of carbonyl (C=O) groups excluding carboxylic acids is 2. The molecule has 0 spiro atoms. The molecule has 0 bridgehead atoms. The van der Waals surface area contributed by atoms with Crippen LogP contribution in [0, 0.1) is 6.92 Å². The first kappa shape index (κ1) is 29.2. The van der Waals surface area contributed by atoms with Crippen molar-refractivity contribution in [3.63, 3.8) is 0 Å². The number of benzene rings is 3. The van der Waals surface area contributed by atoms with E-state index >= 15 is 0 Å². The maximum absolute atomic E-state index is 14.0. The Labute approximate surface area is 230 Å². The van der Waals surface area contributed by atoms with E-state index in [1.807, 2.05) is 67.6 Å². The molecular formula is C29H34ClN3O4S. The molecule has 0 aromatic heterocycles. The molecule has 9 heteroatoms. The van der Waals surface area contributed by atoms with Gasteiger partial charge < -0.3 is 10.2 Å². The summed E-state index contributed by atoms with van der Waals surface area (Å²) in [6.45, 7) is 3.80. The Kier molecular flexibility index (Phi) is 10.3. The number of nitrogens with zero attached hydrogens (tertiary/aromatic N) is 2. The van der Waals surface area contributed by atoms with Crippen LogP contribution in [0.4, 0.5) is 5.69 Å². The normalized spacial score (nSPS) is 12.0. The maximum atomic E-state index is 14.0. The van der Waals surface area contributed by atoms with Crippen molar-refractivity contribution >= 4 is 39.1 Å². The molecule has 0 saturated heterocycles. The standard InChI is InChI=1S/C29H34ClN3O4S/c1-4-18-31-29(35)27(19-23-12-7-5-8-13-23)32(20-24-14-9-6-10-15-24)28(34)21-33(38(3,36)37)26-17-11-16-25(30)22(26)2/h5-17,27H,4,18-21H2,1-3H3,(H,31,35). The monoisotopic (exact) mass is 555 g/mol. The van der Waals surface area contributed by atoms with Gasteiger partial charge in [-0.3, -0.25) is 13.9 Å². The van der Waals surface area contributed by atoms with Gasteiger partial charge in [0, 0.05) is 24.5 Å². The minimum absolute atomic E-state index is 0.142. The molecule has 0 aliphatic heterocycles. The molecule has 0 heterocycles. The lowest BCUT2D eigenvalue weighted by Crippen LogP contribution is -2.53. The van der Waals surface area contributed by atoms with Gasteiger partial charge in [-0.2, -0.15) is 0 Å². The summed E-state index contributed by atoms with van der Waals surface area (Å²) in [6.07, 6.45) is 2.08. The highest BCUT2D eigenvalue weighted by atomic mass is 35.5. The van der Waals surface area contributed by atoms with Crippen molar-refractivity contribution < 1.29 is 18.0 Å². The third-order valence-electron chi connectivity index (χ3n) is 6.20. The lowest BCUT2D eigenvalue weighted by Gasteiger charge is -2.33. The summed E-state index contributed by atoms with van der Waals surface area (Å²) >= 11 is 6.28. The summed E-state index contributed by atoms with van der Waals surface area (Å²) in [5.41, 5.74) is 2.58. The van der Waals surface area contributed by atoms with E-state index in [0.717, 1.165) is 28.1 Å². The largest absolute Gasteiger partial charge is 0.354 e. The van der Waals surface area contributed by atoms with E-state index in [2.05, 4.69) is 5.32 Å². The topological polar surface area (TPSA) is 86.8 Å². The fourth-order valence-corrected chi connectivity index (χ4v) is 5.23. The van der Waals surface area contributed by atoms with Crippen LogP contribution in [0.25, 0.3) is 0 Å². The molecule has 0 radical (unpaired) electrons. The van der Waals surface area contributed by atoms with Crippen LogP contribution in [0.15, 0.2) is 78.9 Å². The molecule has 0 aliphatic carbocycles. The molecule has 1 atom stereocenters. The van der Waals surface area contributed by atoms with E-state index in [-0.39, 0.29) is 18.9 Å². The van der Waals surface area contributed by atoms with Crippen LogP contribution in [-0.4, -0.2) is 50.5 Å². The highest BCUT2D eigenvalue weighted by Crippen LogP contribution is 2.28. The molecule has 1 unspecified atom stereocenters. The van der Waals surface area contributed by atoms with Crippen molar-refractivity contribution in [3.05, 3.63) is 101 Å². The summed E-state index contributed by atoms with van der Waals surface area (Å²) in [5.74, 6) is -0.781. The molecule has 38 heavy (non-hydrogen) atoms. The number of hydrogen-bond acceptors (Lipinski definition) is 4. The second-order valence-electron chi connectivity index (χ2n) is 9.16. The fraction of sp³-hybridized carbons (Fsp3) is 0.310. The molecule has 0 fully saturated rings. The lowest BCUT2D eigenvalue weighted by atomic mass is 10.0. The Hall–Kier alpha value is -3.36. The molecule has 3 aromatic rings. The number of anilines is 1. The van der Waals surface area contributed by atoms with E-state index in [1.165, 1.54) is 4.90 Å². The predicted molar refractivity (Wildman–Crippen MR) is 153 cm³/mol. The van der Waals surface area contributed by atoms with Crippen molar-refractivity contribution in [1.82, 2.24) is 10.2 Å². The van der Waals surface area contributed by atoms with Crippen LogP contribution in [0.3, 0.4) is 0 Å². The van der Waals surface area contributed by atoms with Gasteiger partial charge in [0.1, 0.15) is 12.6 Å². The number of carbonyl (C=O) groups is 2. The molecule has 2 amide bonds. The Morgan fingerprint density at radius 3 is 2.11 bits per heavy atom. The van der Waals surface area contributed by atoms with Crippen LogP contribution in [0.2, 0.25) is 5.02 Å². The summed E-state index contributed by atoms with van der Waals surface area (Å²) < 4.78 is 26.8. The zero-order valence-electron chi connectivity index (χ0n) is 21.9. The smallest absolute Gasteiger partial charge is 0.244 e. The minimum atomic E-state index is -3.85. The lowest BCUT2D eigenvalue weighted by molar-refractivity contribution is -0.140. The molecular weight excluding hydrogens is 522 g/mol. The number of sulfonamides is 1. The summed E-state index contributed by atoms with van der Waals surface area (Å²) in [6, 6.07) is 22.9. The van der Waals surface area contributed by atoms with Crippen molar-refractivity contribution in [2.45, 2.75) is 39.3 Å². The summed E-state index contributed by atoms with van der Waals surface area (Å²) in [5, 5.41) is 3.32. The molecule has 1 N–H and O–H groups in total. The molecule has 0 aliphatic rings. The van der Waals surface area contributed by atoms with Gasteiger partial charge >= 0.3 is 0 Å². The number of rotatable bonds is 12. The summed E-state index contributed by atoms with van der Waals surface area (Å²) in [7, 11) is -3.85. The Morgan fingerprint density at radius 2 is 1.53 bits per heavy atom. The Morgan fingerprint density at radius 1 is 0.921 bits per heavy atom. The number of hydrogen-bond donors (Lipinski definition) is 1. The van der Waals surface area contributed by atoms with Crippen molar-refractivity contribution in [2.75, 3.05) is 23.7 Å². The van der Waals surface area contributed by atoms with Gasteiger partial charge in [-0.1, -0.05) is 85.3 Å². The van der Waals surface area contributed by atoms with Gasteiger partial charge in [0.15, 0.2) is 0 Å². The number of amides is 2. The van der Waals surface area contributed by atoms with Crippen molar-refractivity contribution in [1.29, 1.82) is 0 Å². The van der Waals surface area contributed by atoms with E-state index in [1.54, 1.807) is 25.1 Å². The van der Waals surface area contributed by atoms with Crippen LogP contribution in [-0.2, 0) is 32.6 Å². The van der Waals surface area contributed by atoms with E-state index in [9.17, 15) is 18.0 Å². The van der Waals surface area contributed by atoms with Crippen molar-refractivity contribution in [3.8, 4) is 0 Å². The van der Waals surface area contributed by atoms with Crippen LogP contribution < -0.4 is 9.62 Å². The fourth-order valence-electron chi connectivity index (χ4n) is 4.16. The second kappa shape index (κ2) is 13.4. The predicted octanol–water partition coefficient (Wildman–Crippen LogP) is 4.58. The van der Waals surface area contributed by atoms with Crippen LogP contribution >= 0.6 is 11.6 Å². The zero-order chi connectivity index (χ0) is 27.7. The molecule has 3 rings (SSSR count). The molecule has 7 nitrogen and oxygen atoms in total. The van der Waals surface area contributed by atoms with E-state index in [4.69, 9.17) is 11.6 Å². The van der Waals surface area contributed by atoms with Crippen molar-refractivity contribution in [2.24, 2.45) is 0 Å². The maximum Gasteiger partial charge on any atom is 0.244 e. The molecule has 0 saturated carbocycles. The highest BCUT2D eigenvalue weighted by molar-refractivity contribution is 7.92. The van der Waals surface area contributed by atoms with Gasteiger partial charge in [0.25, 0.3) is 0 Å². The summed E-state index contributed by atoms with van der Waals surface area (Å²) in [4.78, 5) is 28.9. The van der Waals surface area contributed by atoms with Gasteiger partial charge in [0.05, 0.1) is 11.9 Å². The van der Waals surface area contributed by atoms with Crippen LogP contribution in [0.5, 0.6) is 0 Å². The Balaban J connectivity index is 2.05. The minimum Gasteiger partial charge on any atom is -0.354 e. The Bertz CT molecular complexity index is 1330. The third kappa shape index (κ3) is 7.82. The van der Waals surface area contributed by atoms with Gasteiger partial charge in [-0.25, -0.2) is 8.42 Å². The van der Waals surface area contributed by atoms with Crippen LogP contribution in [0.1, 0.15) is 30.0 Å².